The van der Waals surface area contributed by atoms with Crippen molar-refractivity contribution in [2.75, 3.05) is 0 Å². The van der Waals surface area contributed by atoms with Crippen LogP contribution < -0.4 is 0 Å². The fourth-order valence-corrected chi connectivity index (χ4v) is 2.96. The number of nitrogens with zero attached hydrogens (tertiary/aromatic N) is 4. The topological polar surface area (TPSA) is 43.1 Å². The van der Waals surface area contributed by atoms with Crippen LogP contribution in [0.3, 0.4) is 0 Å². The van der Waals surface area contributed by atoms with Crippen LogP contribution >= 0.6 is 34.5 Å². The predicted molar refractivity (Wildman–Crippen MR) is 82.8 cm³/mol. The van der Waals surface area contributed by atoms with E-state index >= 15 is 0 Å². The number of halogens is 2. The van der Waals surface area contributed by atoms with Crippen molar-refractivity contribution in [2.24, 2.45) is 0 Å². The summed E-state index contributed by atoms with van der Waals surface area (Å²) in [6.45, 7) is 6.25. The van der Waals surface area contributed by atoms with Crippen LogP contribution in [0.25, 0.3) is 15.5 Å². The minimum Gasteiger partial charge on any atom is -0.186 e. The molecule has 0 atom stereocenters. The molecule has 0 N–H and O–H groups in total. The number of fused-ring (bicyclic) bond motifs is 1. The van der Waals surface area contributed by atoms with E-state index in [0.717, 1.165) is 21.4 Å². The fraction of sp³-hybridized carbons (Fsp3) is 0.308. The van der Waals surface area contributed by atoms with E-state index in [2.05, 4.69) is 36.1 Å². The average molecular weight is 327 g/mol. The lowest BCUT2D eigenvalue weighted by Gasteiger charge is -2.13. The first-order valence-electron chi connectivity index (χ1n) is 6.04. The molecule has 0 fully saturated rings. The molecule has 3 aromatic rings. The Hall–Kier alpha value is -1.17. The molecule has 4 nitrogen and oxygen atoms in total. The molecular weight excluding hydrogens is 315 g/mol. The van der Waals surface area contributed by atoms with Gasteiger partial charge in [-0.05, 0) is 12.1 Å². The molecule has 1 aromatic carbocycles. The fourth-order valence-electron chi connectivity index (χ4n) is 1.83. The second kappa shape index (κ2) is 4.69. The van der Waals surface area contributed by atoms with Gasteiger partial charge in [0, 0.05) is 11.0 Å². The summed E-state index contributed by atoms with van der Waals surface area (Å²) in [5.41, 5.74) is 0.817. The normalized spacial score (nSPS) is 12.2. The summed E-state index contributed by atoms with van der Waals surface area (Å²) in [6.07, 6.45) is 0. The zero-order valence-corrected chi connectivity index (χ0v) is 13.5. The Balaban J connectivity index is 2.14. The number of benzene rings is 1. The van der Waals surface area contributed by atoms with Gasteiger partial charge in [0.25, 0.3) is 0 Å². The number of hydrogen-bond donors (Lipinski definition) is 0. The molecule has 0 aliphatic rings. The Morgan fingerprint density at radius 1 is 1.10 bits per heavy atom. The number of aromatic nitrogens is 4. The molecule has 0 radical (unpaired) electrons. The SMILES string of the molecule is CC(C)(C)c1nnc2sc(-c3ccc(Cl)c(Cl)c3)nn12. The molecule has 7 heteroatoms. The van der Waals surface area contributed by atoms with Crippen LogP contribution in [0.5, 0.6) is 0 Å². The summed E-state index contributed by atoms with van der Waals surface area (Å²) in [4.78, 5) is 0.774. The monoisotopic (exact) mass is 326 g/mol. The lowest BCUT2D eigenvalue weighted by atomic mass is 9.96. The van der Waals surface area contributed by atoms with Gasteiger partial charge in [-0.2, -0.15) is 9.61 Å². The van der Waals surface area contributed by atoms with E-state index in [1.165, 1.54) is 11.3 Å². The average Bonchev–Trinajstić information content (AvgIpc) is 2.90. The predicted octanol–water partition coefficient (Wildman–Crippen LogP) is 4.46. The molecule has 2 heterocycles. The van der Waals surface area contributed by atoms with E-state index in [4.69, 9.17) is 23.2 Å². The first-order valence-corrected chi connectivity index (χ1v) is 7.61. The minimum atomic E-state index is -0.109. The summed E-state index contributed by atoms with van der Waals surface area (Å²) in [7, 11) is 0. The molecule has 0 bridgehead atoms. The molecule has 0 aliphatic heterocycles. The molecule has 0 saturated carbocycles. The van der Waals surface area contributed by atoms with Crippen LogP contribution in [0, 0.1) is 0 Å². The van der Waals surface area contributed by atoms with Crippen molar-refractivity contribution in [1.29, 1.82) is 0 Å². The van der Waals surface area contributed by atoms with Crippen molar-refractivity contribution in [2.45, 2.75) is 26.2 Å². The van der Waals surface area contributed by atoms with Gasteiger partial charge in [0.1, 0.15) is 5.01 Å². The minimum absolute atomic E-state index is 0.109. The van der Waals surface area contributed by atoms with E-state index in [9.17, 15) is 0 Å². The third kappa shape index (κ3) is 2.30. The van der Waals surface area contributed by atoms with Gasteiger partial charge in [-0.3, -0.25) is 0 Å². The van der Waals surface area contributed by atoms with Crippen LogP contribution in [0.4, 0.5) is 0 Å². The van der Waals surface area contributed by atoms with Crippen LogP contribution in [0.15, 0.2) is 18.2 Å². The van der Waals surface area contributed by atoms with Gasteiger partial charge in [0.05, 0.1) is 10.0 Å². The molecule has 0 amide bonds. The highest BCUT2D eigenvalue weighted by Gasteiger charge is 2.23. The maximum absolute atomic E-state index is 6.05. The van der Waals surface area contributed by atoms with Gasteiger partial charge in [-0.15, -0.1) is 10.2 Å². The van der Waals surface area contributed by atoms with Crippen LogP contribution in [-0.2, 0) is 5.41 Å². The van der Waals surface area contributed by atoms with Gasteiger partial charge in [0.15, 0.2) is 5.82 Å². The van der Waals surface area contributed by atoms with Gasteiger partial charge in [-0.25, -0.2) is 0 Å². The summed E-state index contributed by atoms with van der Waals surface area (Å²) in [5, 5.41) is 14.9. The van der Waals surface area contributed by atoms with Crippen molar-refractivity contribution >= 4 is 39.5 Å². The first-order chi connectivity index (χ1) is 9.36. The second-order valence-electron chi connectivity index (χ2n) is 5.50. The highest BCUT2D eigenvalue weighted by atomic mass is 35.5. The van der Waals surface area contributed by atoms with Gasteiger partial charge < -0.3 is 0 Å². The molecule has 104 valence electrons. The number of rotatable bonds is 1. The lowest BCUT2D eigenvalue weighted by Crippen LogP contribution is -2.16. The molecule has 20 heavy (non-hydrogen) atoms. The maximum atomic E-state index is 6.05. The standard InChI is InChI=1S/C13H12Cl2N4S/c1-13(2,3)11-16-17-12-19(11)18-10(20-12)7-4-5-8(14)9(15)6-7/h4-6H,1-3H3. The van der Waals surface area contributed by atoms with Crippen molar-refractivity contribution in [1.82, 2.24) is 19.8 Å². The third-order valence-corrected chi connectivity index (χ3v) is 4.52. The van der Waals surface area contributed by atoms with E-state index in [-0.39, 0.29) is 5.41 Å². The van der Waals surface area contributed by atoms with E-state index in [1.807, 2.05) is 12.1 Å². The summed E-state index contributed by atoms with van der Waals surface area (Å²) in [5.74, 6) is 0.843. The Kier molecular flexibility index (Phi) is 3.23. The molecule has 0 aliphatic carbocycles. The van der Waals surface area contributed by atoms with Crippen LogP contribution in [0.2, 0.25) is 10.0 Å². The van der Waals surface area contributed by atoms with Crippen molar-refractivity contribution in [3.63, 3.8) is 0 Å². The van der Waals surface area contributed by atoms with Crippen LogP contribution in [-0.4, -0.2) is 19.8 Å². The lowest BCUT2D eigenvalue weighted by molar-refractivity contribution is 0.528. The highest BCUT2D eigenvalue weighted by Crippen LogP contribution is 2.32. The van der Waals surface area contributed by atoms with Crippen molar-refractivity contribution < 1.29 is 0 Å². The summed E-state index contributed by atoms with van der Waals surface area (Å²) in [6, 6.07) is 5.48. The third-order valence-electron chi connectivity index (χ3n) is 2.83. The Morgan fingerprint density at radius 2 is 1.85 bits per heavy atom. The maximum Gasteiger partial charge on any atom is 0.235 e. The molecule has 0 spiro atoms. The smallest absolute Gasteiger partial charge is 0.186 e. The molecule has 3 rings (SSSR count). The van der Waals surface area contributed by atoms with Gasteiger partial charge >= 0.3 is 0 Å². The highest BCUT2D eigenvalue weighted by molar-refractivity contribution is 7.19. The zero-order valence-electron chi connectivity index (χ0n) is 11.2. The second-order valence-corrected chi connectivity index (χ2v) is 7.27. The van der Waals surface area contributed by atoms with Gasteiger partial charge in [-0.1, -0.05) is 61.4 Å². The summed E-state index contributed by atoms with van der Waals surface area (Å²) < 4.78 is 1.79. The molecule has 0 saturated heterocycles. The van der Waals surface area contributed by atoms with Crippen molar-refractivity contribution in [3.8, 4) is 10.6 Å². The number of hydrogen-bond acceptors (Lipinski definition) is 4. The molecule has 0 unspecified atom stereocenters. The Bertz CT molecular complexity index is 785. The molecular formula is C13H12Cl2N4S. The van der Waals surface area contributed by atoms with E-state index < -0.39 is 0 Å². The van der Waals surface area contributed by atoms with E-state index in [0.29, 0.717) is 10.0 Å². The quantitative estimate of drug-likeness (QED) is 0.663. The van der Waals surface area contributed by atoms with E-state index in [1.54, 1.807) is 10.6 Å². The molecule has 2 aromatic heterocycles. The largest absolute Gasteiger partial charge is 0.235 e. The Morgan fingerprint density at radius 3 is 2.50 bits per heavy atom. The van der Waals surface area contributed by atoms with Gasteiger partial charge in [0.2, 0.25) is 4.96 Å². The van der Waals surface area contributed by atoms with Crippen LogP contribution in [0.1, 0.15) is 26.6 Å². The van der Waals surface area contributed by atoms with Crippen molar-refractivity contribution in [3.05, 3.63) is 34.1 Å². The zero-order chi connectivity index (χ0) is 14.5. The first kappa shape index (κ1) is 13.8. The summed E-state index contributed by atoms with van der Waals surface area (Å²) >= 11 is 13.5. The Labute approximate surface area is 130 Å².